The summed E-state index contributed by atoms with van der Waals surface area (Å²) in [4.78, 5) is 3.75. The monoisotopic (exact) mass is 514 g/mol. The fourth-order valence-electron chi connectivity index (χ4n) is 3.26. The van der Waals surface area contributed by atoms with E-state index in [4.69, 9.17) is 11.6 Å². The molecule has 0 atom stereocenters. The quantitative estimate of drug-likeness (QED) is 0.392. The van der Waals surface area contributed by atoms with E-state index in [0.29, 0.717) is 0 Å². The average molecular weight is 515 g/mol. The third-order valence-electron chi connectivity index (χ3n) is 4.46. The van der Waals surface area contributed by atoms with Gasteiger partial charge in [-0.25, -0.2) is 0 Å². The maximum atomic E-state index is 6.21. The molecule has 0 saturated heterocycles. The van der Waals surface area contributed by atoms with Gasteiger partial charge in [0.25, 0.3) is 5.01 Å². The summed E-state index contributed by atoms with van der Waals surface area (Å²) in [6.07, 6.45) is 2.32. The molecule has 26 heavy (non-hydrogen) atoms. The zero-order valence-electron chi connectivity index (χ0n) is 14.9. The first-order chi connectivity index (χ1) is 12.1. The summed E-state index contributed by atoms with van der Waals surface area (Å²) in [5.74, 6) is 0. The second-order valence-corrected chi connectivity index (χ2v) is 8.66. The van der Waals surface area contributed by atoms with Gasteiger partial charge in [-0.3, -0.25) is 0 Å². The third kappa shape index (κ3) is 3.51. The molecule has 6 heteroatoms. The number of benzene rings is 2. The second kappa shape index (κ2) is 8.09. The molecule has 0 unspecified atom stereocenters. The number of halogens is 2. The van der Waals surface area contributed by atoms with Gasteiger partial charge in [0.05, 0.1) is 16.8 Å². The van der Waals surface area contributed by atoms with E-state index in [9.17, 15) is 0 Å². The van der Waals surface area contributed by atoms with Gasteiger partial charge in [0.1, 0.15) is 11.2 Å². The number of aryl methyl sites for hydroxylation is 2. The molecule has 0 saturated carbocycles. The van der Waals surface area contributed by atoms with Crippen LogP contribution in [0.15, 0.2) is 46.3 Å². The molecule has 2 nitrogen and oxygen atoms in total. The number of hydrogen-bond acceptors (Lipinski definition) is 3. The molecule has 0 bridgehead atoms. The zero-order valence-corrected chi connectivity index (χ0v) is 19.5. The molecular formula is C20H20ClIN2S2. The Kier molecular flexibility index (Phi) is 6.22. The highest BCUT2D eigenvalue weighted by Gasteiger charge is 2.26. The molecule has 2 aromatic carbocycles. The molecule has 2 heterocycles. The lowest BCUT2D eigenvalue weighted by Gasteiger charge is -2.17. The van der Waals surface area contributed by atoms with Gasteiger partial charge in [0, 0.05) is 22.5 Å². The Bertz CT molecular complexity index is 997. The summed E-state index contributed by atoms with van der Waals surface area (Å²) >= 11 is 9.90. The Hall–Kier alpha value is -0.760. The molecule has 1 aliphatic rings. The minimum Gasteiger partial charge on any atom is -1.00 e. The van der Waals surface area contributed by atoms with Gasteiger partial charge >= 0.3 is 0 Å². The number of rotatable bonds is 3. The van der Waals surface area contributed by atoms with Gasteiger partial charge < -0.3 is 28.9 Å². The van der Waals surface area contributed by atoms with Crippen LogP contribution in [0.2, 0.25) is 5.02 Å². The molecule has 0 N–H and O–H groups in total. The molecule has 0 radical (unpaired) electrons. The van der Waals surface area contributed by atoms with Crippen molar-refractivity contribution in [2.45, 2.75) is 32.2 Å². The van der Waals surface area contributed by atoms with Crippen LogP contribution < -0.4 is 33.4 Å². The van der Waals surface area contributed by atoms with Crippen LogP contribution in [-0.2, 0) is 6.54 Å². The van der Waals surface area contributed by atoms with E-state index >= 15 is 0 Å². The average Bonchev–Trinajstić information content (AvgIpc) is 3.11. The van der Waals surface area contributed by atoms with Crippen LogP contribution in [0.1, 0.15) is 24.4 Å². The van der Waals surface area contributed by atoms with E-state index in [2.05, 4.69) is 66.6 Å². The number of thioether (sulfide) groups is 1. The molecule has 3 aromatic rings. The number of aromatic nitrogens is 1. The van der Waals surface area contributed by atoms with Crippen molar-refractivity contribution in [1.29, 1.82) is 0 Å². The predicted molar refractivity (Wildman–Crippen MR) is 111 cm³/mol. The van der Waals surface area contributed by atoms with Crippen LogP contribution in [0.3, 0.4) is 0 Å². The minimum atomic E-state index is 0. The highest BCUT2D eigenvalue weighted by atomic mass is 127. The maximum absolute atomic E-state index is 6.21. The van der Waals surface area contributed by atoms with Crippen molar-refractivity contribution in [3.8, 4) is 0 Å². The molecule has 0 spiro atoms. The summed E-state index contributed by atoms with van der Waals surface area (Å²) < 4.78 is 3.62. The molecular weight excluding hydrogens is 495 g/mol. The molecule has 1 aliphatic heterocycles. The SMILES string of the molecule is CCN1C(=Cc2sc3ccc(Cl)cc3[n+]2CC)Sc2ccc(C)cc21.[I-]. The lowest BCUT2D eigenvalue weighted by molar-refractivity contribution is -0.665. The van der Waals surface area contributed by atoms with Crippen LogP contribution >= 0.6 is 34.7 Å². The summed E-state index contributed by atoms with van der Waals surface area (Å²) in [7, 11) is 0. The smallest absolute Gasteiger partial charge is 0.265 e. The highest BCUT2D eigenvalue weighted by molar-refractivity contribution is 8.03. The Morgan fingerprint density at radius 3 is 2.69 bits per heavy atom. The van der Waals surface area contributed by atoms with Crippen molar-refractivity contribution >= 4 is 56.7 Å². The molecule has 0 fully saturated rings. The normalized spacial score (nSPS) is 14.8. The van der Waals surface area contributed by atoms with Crippen LogP contribution in [0.5, 0.6) is 0 Å². The summed E-state index contributed by atoms with van der Waals surface area (Å²) in [6.45, 7) is 8.46. The third-order valence-corrected chi connectivity index (χ3v) is 6.92. The van der Waals surface area contributed by atoms with E-state index in [0.717, 1.165) is 18.1 Å². The van der Waals surface area contributed by atoms with Crippen LogP contribution in [0.25, 0.3) is 16.3 Å². The van der Waals surface area contributed by atoms with E-state index in [1.54, 1.807) is 0 Å². The maximum Gasteiger partial charge on any atom is 0.265 e. The highest BCUT2D eigenvalue weighted by Crippen LogP contribution is 2.47. The van der Waals surface area contributed by atoms with Gasteiger partial charge in [-0.15, -0.1) is 0 Å². The minimum absolute atomic E-state index is 0. The van der Waals surface area contributed by atoms with Crippen LogP contribution in [0, 0.1) is 6.92 Å². The largest absolute Gasteiger partial charge is 1.00 e. The standard InChI is InChI=1S/C20H20ClN2S2.HI/c1-4-22-15-10-13(3)6-8-17(15)24-19(22)12-20-23(5-2)16-11-14(21)7-9-18(16)25-20;/h6-12H,4-5H2,1-3H3;1H/q+1;/p-1. The Balaban J connectivity index is 0.00000196. The van der Waals surface area contributed by atoms with E-state index < -0.39 is 0 Å². The van der Waals surface area contributed by atoms with Crippen molar-refractivity contribution in [3.05, 3.63) is 57.0 Å². The zero-order chi connectivity index (χ0) is 17.6. The van der Waals surface area contributed by atoms with Crippen LogP contribution in [-0.4, -0.2) is 6.54 Å². The summed E-state index contributed by atoms with van der Waals surface area (Å²) in [5, 5.41) is 3.35. The van der Waals surface area contributed by atoms with Crippen molar-refractivity contribution in [2.75, 3.05) is 11.4 Å². The summed E-state index contributed by atoms with van der Waals surface area (Å²) in [5.41, 5.74) is 3.84. The second-order valence-electron chi connectivity index (χ2n) is 6.10. The fourth-order valence-corrected chi connectivity index (χ4v) is 5.79. The van der Waals surface area contributed by atoms with Gasteiger partial charge in [0.15, 0.2) is 0 Å². The van der Waals surface area contributed by atoms with Gasteiger partial charge in [0.2, 0.25) is 5.52 Å². The van der Waals surface area contributed by atoms with Gasteiger partial charge in [-0.1, -0.05) is 40.8 Å². The Morgan fingerprint density at radius 2 is 1.96 bits per heavy atom. The molecule has 4 rings (SSSR count). The van der Waals surface area contributed by atoms with E-state index in [-0.39, 0.29) is 24.0 Å². The predicted octanol–water partition coefficient (Wildman–Crippen LogP) is 3.11. The fraction of sp³-hybridized carbons (Fsp3) is 0.250. The molecule has 0 aliphatic carbocycles. The number of fused-ring (bicyclic) bond motifs is 2. The van der Waals surface area contributed by atoms with Gasteiger partial charge in [-0.2, -0.15) is 4.57 Å². The number of hydrogen-bond donors (Lipinski definition) is 0. The topological polar surface area (TPSA) is 7.12 Å². The van der Waals surface area contributed by atoms with E-state index in [1.807, 2.05) is 29.2 Å². The number of nitrogens with zero attached hydrogens (tertiary/aromatic N) is 2. The first-order valence-corrected chi connectivity index (χ1v) is 10.5. The number of anilines is 1. The first kappa shape index (κ1) is 20.0. The van der Waals surface area contributed by atoms with Crippen molar-refractivity contribution < 1.29 is 28.5 Å². The summed E-state index contributed by atoms with van der Waals surface area (Å²) in [6, 6.07) is 12.9. The lowest BCUT2D eigenvalue weighted by Crippen LogP contribution is -3.00. The van der Waals surface area contributed by atoms with Gasteiger partial charge in [-0.05, 0) is 50.6 Å². The lowest BCUT2D eigenvalue weighted by atomic mass is 10.2. The molecule has 1 aromatic heterocycles. The Labute approximate surface area is 184 Å². The Morgan fingerprint density at radius 1 is 1.15 bits per heavy atom. The molecule has 136 valence electrons. The van der Waals surface area contributed by atoms with E-state index in [1.165, 1.54) is 36.4 Å². The van der Waals surface area contributed by atoms with Crippen molar-refractivity contribution in [2.24, 2.45) is 0 Å². The first-order valence-electron chi connectivity index (χ1n) is 8.50. The number of thiazole rings is 1. The molecule has 0 amide bonds. The van der Waals surface area contributed by atoms with Crippen LogP contribution in [0.4, 0.5) is 5.69 Å². The van der Waals surface area contributed by atoms with Crippen molar-refractivity contribution in [3.63, 3.8) is 0 Å². The van der Waals surface area contributed by atoms with Crippen molar-refractivity contribution in [1.82, 2.24) is 0 Å².